The number of hydrogen-bond donors (Lipinski definition) is 2. The van der Waals surface area contributed by atoms with Gasteiger partial charge in [-0.25, -0.2) is 9.78 Å². The normalized spacial score (nSPS) is 17.2. The number of nitrogens with zero attached hydrogens (tertiary/aromatic N) is 2. The van der Waals surface area contributed by atoms with Crippen LogP contribution in [0.4, 0.5) is 4.79 Å². The second-order valence-corrected chi connectivity index (χ2v) is 15.8. The summed E-state index contributed by atoms with van der Waals surface area (Å²) in [7, 11) is 1.34. The third-order valence-electron chi connectivity index (χ3n) is 9.40. The zero-order chi connectivity index (χ0) is 40.5. The molecule has 1 aliphatic carbocycles. The molecule has 15 nitrogen and oxygen atoms in total. The van der Waals surface area contributed by atoms with E-state index in [0.717, 1.165) is 38.5 Å². The number of benzene rings is 1. The Balaban J connectivity index is 1.28. The maximum atomic E-state index is 14.3. The van der Waals surface area contributed by atoms with E-state index in [2.05, 4.69) is 15.4 Å². The Hall–Kier alpha value is -4.12. The van der Waals surface area contributed by atoms with Gasteiger partial charge in [0.25, 0.3) is 0 Å². The van der Waals surface area contributed by atoms with Crippen molar-refractivity contribution in [1.29, 1.82) is 0 Å². The molecule has 2 N–H and O–H groups in total. The third kappa shape index (κ3) is 14.4. The molecule has 1 aliphatic heterocycles. The lowest BCUT2D eigenvalue weighted by molar-refractivity contribution is -0.142. The van der Waals surface area contributed by atoms with Gasteiger partial charge in [0.05, 0.1) is 59.2 Å². The molecule has 1 saturated carbocycles. The topological polar surface area (TPSA) is 181 Å². The van der Waals surface area contributed by atoms with Crippen LogP contribution in [-0.4, -0.2) is 117 Å². The highest BCUT2D eigenvalue weighted by atomic mass is 32.1. The number of aromatic nitrogens is 1. The molecule has 1 aromatic heterocycles. The minimum atomic E-state index is -0.905. The van der Waals surface area contributed by atoms with Gasteiger partial charge in [-0.05, 0) is 71.4 Å². The minimum absolute atomic E-state index is 0.0265. The largest absolute Gasteiger partial charge is 0.491 e. The summed E-state index contributed by atoms with van der Waals surface area (Å²) in [5.41, 5.74) is 0.000416. The number of esters is 1. The fourth-order valence-electron chi connectivity index (χ4n) is 6.58. The number of rotatable bonds is 21. The van der Waals surface area contributed by atoms with Crippen molar-refractivity contribution < 1.29 is 52.4 Å². The lowest BCUT2D eigenvalue weighted by Crippen LogP contribution is -2.56. The Kier molecular flexibility index (Phi) is 18.0. The Bertz CT molecular complexity index is 1590. The standard InChI is InChI=1S/C40H58N4O11S/c1-27(41-39(49)55-40(2,3)4)36(47)43-34(28-11-7-6-8-12-28)38(48)44-17-10-15-32(44)37-42-31(26-56-37)35(46)29-13-9-14-30(25-29)54-24-23-53-22-21-52-20-19-51-18-16-33(45)50-5/h9,13-14,25-28,32,34H,6-8,10-12,15-24H2,1-5H3,(H,41,49)(H,43,47)/t27-,32-,34-/m0/s1. The molecule has 1 aromatic carbocycles. The van der Waals surface area contributed by atoms with E-state index in [-0.39, 0.29) is 54.9 Å². The van der Waals surface area contributed by atoms with Crippen molar-refractivity contribution in [3.05, 3.63) is 45.9 Å². The first kappa shape index (κ1) is 44.6. The van der Waals surface area contributed by atoms with E-state index in [0.29, 0.717) is 62.3 Å². The Morgan fingerprint density at radius 1 is 0.893 bits per heavy atom. The van der Waals surface area contributed by atoms with Crippen LogP contribution in [0.1, 0.15) is 106 Å². The fourth-order valence-corrected chi connectivity index (χ4v) is 7.53. The van der Waals surface area contributed by atoms with Gasteiger partial charge in [0.15, 0.2) is 0 Å². The molecule has 0 spiro atoms. The zero-order valence-electron chi connectivity index (χ0n) is 33.3. The van der Waals surface area contributed by atoms with Crippen LogP contribution in [0.3, 0.4) is 0 Å². The maximum absolute atomic E-state index is 14.3. The monoisotopic (exact) mass is 802 g/mol. The van der Waals surface area contributed by atoms with Gasteiger partial charge in [0, 0.05) is 17.5 Å². The average Bonchev–Trinajstić information content (AvgIpc) is 3.87. The van der Waals surface area contributed by atoms with E-state index in [4.69, 9.17) is 28.7 Å². The number of thiazole rings is 1. The molecule has 4 rings (SSSR count). The second kappa shape index (κ2) is 22.6. The van der Waals surface area contributed by atoms with Crippen molar-refractivity contribution in [1.82, 2.24) is 20.5 Å². The molecule has 2 aromatic rings. The van der Waals surface area contributed by atoms with E-state index >= 15 is 0 Å². The highest BCUT2D eigenvalue weighted by Gasteiger charge is 2.40. The number of carbonyl (C=O) groups excluding carboxylic acids is 5. The highest BCUT2D eigenvalue weighted by Crippen LogP contribution is 2.36. The molecule has 0 unspecified atom stereocenters. The molecule has 3 atom stereocenters. The summed E-state index contributed by atoms with van der Waals surface area (Å²) in [5, 5.41) is 7.96. The van der Waals surface area contributed by atoms with Gasteiger partial charge in [-0.15, -0.1) is 11.3 Å². The lowest BCUT2D eigenvalue weighted by atomic mass is 9.83. The molecule has 3 amide bonds. The van der Waals surface area contributed by atoms with Crippen LogP contribution in [-0.2, 0) is 38.1 Å². The predicted molar refractivity (Wildman–Crippen MR) is 208 cm³/mol. The lowest BCUT2D eigenvalue weighted by Gasteiger charge is -2.35. The molecule has 0 bridgehead atoms. The van der Waals surface area contributed by atoms with E-state index < -0.39 is 29.7 Å². The summed E-state index contributed by atoms with van der Waals surface area (Å²) >= 11 is 1.35. The molecular formula is C40H58N4O11S. The van der Waals surface area contributed by atoms with E-state index in [1.807, 2.05) is 0 Å². The summed E-state index contributed by atoms with van der Waals surface area (Å²) in [6.07, 6.45) is 5.66. The molecule has 2 heterocycles. The second-order valence-electron chi connectivity index (χ2n) is 14.9. The van der Waals surface area contributed by atoms with Gasteiger partial charge < -0.3 is 44.0 Å². The molecule has 1 saturated heterocycles. The number of ether oxygens (including phenoxy) is 6. The van der Waals surface area contributed by atoms with Crippen LogP contribution in [0.2, 0.25) is 0 Å². The van der Waals surface area contributed by atoms with E-state index in [1.54, 1.807) is 62.2 Å². The maximum Gasteiger partial charge on any atom is 0.408 e. The Labute approximate surface area is 333 Å². The Morgan fingerprint density at radius 2 is 1.57 bits per heavy atom. The number of nitrogens with one attached hydrogen (secondary N) is 2. The van der Waals surface area contributed by atoms with Crippen LogP contribution in [0, 0.1) is 5.92 Å². The molecule has 0 radical (unpaired) electrons. The van der Waals surface area contributed by atoms with Gasteiger partial charge in [0.2, 0.25) is 17.6 Å². The average molecular weight is 803 g/mol. The number of carbonyl (C=O) groups is 5. The smallest absolute Gasteiger partial charge is 0.408 e. The van der Waals surface area contributed by atoms with Gasteiger partial charge in [0.1, 0.15) is 40.7 Å². The highest BCUT2D eigenvalue weighted by molar-refractivity contribution is 7.10. The fraction of sp³-hybridized carbons (Fsp3) is 0.650. The Morgan fingerprint density at radius 3 is 2.25 bits per heavy atom. The predicted octanol–water partition coefficient (Wildman–Crippen LogP) is 5.01. The van der Waals surface area contributed by atoms with Crippen molar-refractivity contribution in [3.8, 4) is 5.75 Å². The van der Waals surface area contributed by atoms with Crippen LogP contribution >= 0.6 is 11.3 Å². The van der Waals surface area contributed by atoms with Crippen LogP contribution in [0.15, 0.2) is 29.6 Å². The first-order chi connectivity index (χ1) is 26.9. The van der Waals surface area contributed by atoms with Crippen molar-refractivity contribution in [2.45, 2.75) is 103 Å². The molecule has 310 valence electrons. The van der Waals surface area contributed by atoms with Gasteiger partial charge in [-0.1, -0.05) is 31.4 Å². The molecule has 2 fully saturated rings. The summed E-state index contributed by atoms with van der Waals surface area (Å²) in [5.74, 6) is -0.690. The van der Waals surface area contributed by atoms with E-state index in [1.165, 1.54) is 18.4 Å². The van der Waals surface area contributed by atoms with Crippen molar-refractivity contribution in [2.24, 2.45) is 5.92 Å². The molecule has 56 heavy (non-hydrogen) atoms. The summed E-state index contributed by atoms with van der Waals surface area (Å²) < 4.78 is 32.0. The minimum Gasteiger partial charge on any atom is -0.491 e. The first-order valence-electron chi connectivity index (χ1n) is 19.5. The van der Waals surface area contributed by atoms with Crippen LogP contribution in [0.5, 0.6) is 5.75 Å². The van der Waals surface area contributed by atoms with Gasteiger partial charge in [-0.3, -0.25) is 19.2 Å². The van der Waals surface area contributed by atoms with Crippen molar-refractivity contribution >= 4 is 41.0 Å². The number of ketones is 1. The molecule has 16 heteroatoms. The van der Waals surface area contributed by atoms with Crippen molar-refractivity contribution in [2.75, 3.05) is 59.9 Å². The first-order valence-corrected chi connectivity index (χ1v) is 20.4. The van der Waals surface area contributed by atoms with Crippen molar-refractivity contribution in [3.63, 3.8) is 0 Å². The quantitative estimate of drug-likeness (QED) is 0.0981. The summed E-state index contributed by atoms with van der Waals surface area (Å²) in [6.45, 7) is 9.74. The third-order valence-corrected chi connectivity index (χ3v) is 10.3. The zero-order valence-corrected chi connectivity index (χ0v) is 34.1. The van der Waals surface area contributed by atoms with Crippen LogP contribution in [0.25, 0.3) is 0 Å². The number of methoxy groups -OCH3 is 1. The number of hydrogen-bond acceptors (Lipinski definition) is 13. The van der Waals surface area contributed by atoms with E-state index in [9.17, 15) is 24.0 Å². The van der Waals surface area contributed by atoms with Crippen LogP contribution < -0.4 is 15.4 Å². The number of likely N-dealkylation sites (tertiary alicyclic amines) is 1. The summed E-state index contributed by atoms with van der Waals surface area (Å²) in [6, 6.07) is 4.93. The summed E-state index contributed by atoms with van der Waals surface area (Å²) in [4.78, 5) is 71.1. The number of amides is 3. The molecule has 2 aliphatic rings. The molecular weight excluding hydrogens is 745 g/mol. The SMILES string of the molecule is COC(=O)CCOCCOCCOCCOc1cccc(C(=O)c2csc([C@@H]3CCCN3C(=O)[C@@H](NC(=O)[C@H](C)NC(=O)OC(C)(C)C)C3CCCCC3)n2)c1. The van der Waals surface area contributed by atoms with Gasteiger partial charge >= 0.3 is 12.1 Å². The van der Waals surface area contributed by atoms with Gasteiger partial charge in [-0.2, -0.15) is 0 Å². The number of alkyl carbamates (subject to hydrolysis) is 1.